The number of hydrogen-bond acceptors (Lipinski definition) is 4. The van der Waals surface area contributed by atoms with Gasteiger partial charge >= 0.3 is 6.09 Å². The Labute approximate surface area is 88.6 Å². The first kappa shape index (κ1) is 11.5. The molecular formula is C10H14N2O3. The van der Waals surface area contributed by atoms with Crippen LogP contribution in [0.2, 0.25) is 0 Å². The second-order valence-corrected chi connectivity index (χ2v) is 4.50. The number of ketones is 1. The molecule has 0 aromatic carbocycles. The molecular weight excluding hydrogens is 196 g/mol. The van der Waals surface area contributed by atoms with Crippen LogP contribution in [0.15, 0.2) is 0 Å². The summed E-state index contributed by atoms with van der Waals surface area (Å²) in [5.41, 5.74) is -0.608. The Morgan fingerprint density at radius 3 is 2.67 bits per heavy atom. The molecule has 1 heterocycles. The van der Waals surface area contributed by atoms with Crippen molar-refractivity contribution in [2.75, 3.05) is 6.54 Å². The lowest BCUT2D eigenvalue weighted by Crippen LogP contribution is -2.39. The average Bonchev–Trinajstić information content (AvgIpc) is 2.43. The normalized spacial score (nSPS) is 21.3. The molecule has 0 unspecified atom stereocenters. The zero-order valence-electron chi connectivity index (χ0n) is 9.11. The third-order valence-electron chi connectivity index (χ3n) is 1.92. The van der Waals surface area contributed by atoms with Crippen molar-refractivity contribution in [2.45, 2.75) is 38.8 Å². The smallest absolute Gasteiger partial charge is 0.411 e. The van der Waals surface area contributed by atoms with Crippen LogP contribution in [0.1, 0.15) is 27.2 Å². The first-order valence-corrected chi connectivity index (χ1v) is 4.74. The van der Waals surface area contributed by atoms with Crippen LogP contribution >= 0.6 is 0 Å². The average molecular weight is 210 g/mol. The first-order valence-electron chi connectivity index (χ1n) is 4.74. The van der Waals surface area contributed by atoms with Crippen LogP contribution in [0.25, 0.3) is 0 Å². The predicted octanol–water partition coefficient (Wildman–Crippen LogP) is 1.09. The van der Waals surface area contributed by atoms with E-state index in [0.717, 1.165) is 0 Å². The number of likely N-dealkylation sites (tertiary alicyclic amines) is 1. The number of ether oxygens (including phenoxy) is 1. The number of nitriles is 1. The summed E-state index contributed by atoms with van der Waals surface area (Å²) in [6.07, 6.45) is -0.490. The van der Waals surface area contributed by atoms with Crippen molar-refractivity contribution in [2.24, 2.45) is 0 Å². The highest BCUT2D eigenvalue weighted by Gasteiger charge is 2.36. The van der Waals surface area contributed by atoms with E-state index in [9.17, 15) is 9.59 Å². The van der Waals surface area contributed by atoms with Crippen LogP contribution in [0.4, 0.5) is 4.79 Å². The van der Waals surface area contributed by atoms with Crippen molar-refractivity contribution in [1.82, 2.24) is 4.90 Å². The molecule has 0 aromatic heterocycles. The standard InChI is InChI=1S/C10H14N2O3/c1-10(2,3)15-9(14)12-6-8(13)4-7(12)5-11/h7H,4,6H2,1-3H3/t7-/m0/s1. The number of Topliss-reactive ketones (excluding diaryl/α,β-unsaturated/α-hetero) is 1. The second-order valence-electron chi connectivity index (χ2n) is 4.50. The monoisotopic (exact) mass is 210 g/mol. The third kappa shape index (κ3) is 2.94. The summed E-state index contributed by atoms with van der Waals surface area (Å²) in [5.74, 6) is -0.104. The minimum atomic E-state index is -0.674. The van der Waals surface area contributed by atoms with Gasteiger partial charge in [0.2, 0.25) is 0 Å². The largest absolute Gasteiger partial charge is 0.444 e. The minimum Gasteiger partial charge on any atom is -0.444 e. The van der Waals surface area contributed by atoms with E-state index in [2.05, 4.69) is 0 Å². The second kappa shape index (κ2) is 3.89. The number of rotatable bonds is 0. The summed E-state index contributed by atoms with van der Waals surface area (Å²) >= 11 is 0. The number of nitrogens with zero attached hydrogens (tertiary/aromatic N) is 2. The fourth-order valence-electron chi connectivity index (χ4n) is 1.32. The molecule has 0 bridgehead atoms. The van der Waals surface area contributed by atoms with Gasteiger partial charge in [-0.1, -0.05) is 0 Å². The molecule has 82 valence electrons. The lowest BCUT2D eigenvalue weighted by molar-refractivity contribution is -0.117. The molecule has 15 heavy (non-hydrogen) atoms. The van der Waals surface area contributed by atoms with Gasteiger partial charge in [0.15, 0.2) is 5.78 Å². The summed E-state index contributed by atoms with van der Waals surface area (Å²) < 4.78 is 5.09. The van der Waals surface area contributed by atoms with E-state index in [1.165, 1.54) is 4.90 Å². The van der Waals surface area contributed by atoms with Gasteiger partial charge < -0.3 is 4.74 Å². The highest BCUT2D eigenvalue weighted by molar-refractivity contribution is 5.88. The van der Waals surface area contributed by atoms with Crippen molar-refractivity contribution in [3.8, 4) is 6.07 Å². The summed E-state index contributed by atoms with van der Waals surface area (Å²) in [5, 5.41) is 8.75. The van der Waals surface area contributed by atoms with Gasteiger partial charge in [-0.05, 0) is 20.8 Å². The maximum atomic E-state index is 11.6. The maximum absolute atomic E-state index is 11.6. The first-order chi connectivity index (χ1) is 6.83. The Hall–Kier alpha value is -1.57. The van der Waals surface area contributed by atoms with E-state index < -0.39 is 17.7 Å². The zero-order valence-corrected chi connectivity index (χ0v) is 9.11. The van der Waals surface area contributed by atoms with Crippen LogP contribution in [-0.2, 0) is 9.53 Å². The fourth-order valence-corrected chi connectivity index (χ4v) is 1.32. The van der Waals surface area contributed by atoms with Gasteiger partial charge in [-0.3, -0.25) is 9.69 Å². The molecule has 1 aliphatic heterocycles. The van der Waals surface area contributed by atoms with Gasteiger partial charge in [-0.15, -0.1) is 0 Å². The Morgan fingerprint density at radius 1 is 1.60 bits per heavy atom. The van der Waals surface area contributed by atoms with E-state index in [-0.39, 0.29) is 18.7 Å². The van der Waals surface area contributed by atoms with Crippen molar-refractivity contribution in [1.29, 1.82) is 5.26 Å². The summed E-state index contributed by atoms with van der Waals surface area (Å²) in [7, 11) is 0. The summed E-state index contributed by atoms with van der Waals surface area (Å²) in [6.45, 7) is 5.20. The van der Waals surface area contributed by atoms with E-state index in [4.69, 9.17) is 10.00 Å². The molecule has 1 fully saturated rings. The van der Waals surface area contributed by atoms with Crippen LogP contribution in [0.3, 0.4) is 0 Å². The van der Waals surface area contributed by atoms with Crippen molar-refractivity contribution >= 4 is 11.9 Å². The highest BCUT2D eigenvalue weighted by atomic mass is 16.6. The molecule has 1 rings (SSSR count). The Balaban J connectivity index is 2.68. The van der Waals surface area contributed by atoms with Gasteiger partial charge in [0.25, 0.3) is 0 Å². The molecule has 1 aliphatic rings. The summed E-state index contributed by atoms with van der Waals surface area (Å²) in [6, 6.07) is 1.24. The molecule has 1 saturated heterocycles. The zero-order chi connectivity index (χ0) is 11.6. The molecule has 5 nitrogen and oxygen atoms in total. The van der Waals surface area contributed by atoms with E-state index in [1.807, 2.05) is 6.07 Å². The van der Waals surface area contributed by atoms with E-state index in [0.29, 0.717) is 0 Å². The predicted molar refractivity (Wildman–Crippen MR) is 52.0 cm³/mol. The van der Waals surface area contributed by atoms with E-state index >= 15 is 0 Å². The molecule has 0 saturated carbocycles. The maximum Gasteiger partial charge on any atom is 0.411 e. The quantitative estimate of drug-likeness (QED) is 0.600. The number of amides is 1. The van der Waals surface area contributed by atoms with Gasteiger partial charge in [-0.2, -0.15) is 5.26 Å². The molecule has 0 aliphatic carbocycles. The molecule has 0 aromatic rings. The lowest BCUT2D eigenvalue weighted by Gasteiger charge is -2.25. The van der Waals surface area contributed by atoms with Crippen LogP contribution in [-0.4, -0.2) is 35.0 Å². The van der Waals surface area contributed by atoms with Gasteiger partial charge in [0.05, 0.1) is 12.6 Å². The number of carbonyl (C=O) groups excluding carboxylic acids is 2. The van der Waals surface area contributed by atoms with Crippen molar-refractivity contribution < 1.29 is 14.3 Å². The topological polar surface area (TPSA) is 70.4 Å². The Bertz CT molecular complexity index is 325. The van der Waals surface area contributed by atoms with E-state index in [1.54, 1.807) is 20.8 Å². The number of hydrogen-bond donors (Lipinski definition) is 0. The molecule has 1 amide bonds. The Kier molecular flexibility index (Phi) is 2.98. The highest BCUT2D eigenvalue weighted by Crippen LogP contribution is 2.18. The van der Waals surface area contributed by atoms with Gasteiger partial charge in [0, 0.05) is 6.42 Å². The third-order valence-corrected chi connectivity index (χ3v) is 1.92. The number of carbonyl (C=O) groups is 2. The fraction of sp³-hybridized carbons (Fsp3) is 0.700. The van der Waals surface area contributed by atoms with Gasteiger partial charge in [0.1, 0.15) is 11.6 Å². The summed E-state index contributed by atoms with van der Waals surface area (Å²) in [4.78, 5) is 23.8. The van der Waals surface area contributed by atoms with Crippen LogP contribution < -0.4 is 0 Å². The molecule has 0 radical (unpaired) electrons. The molecule has 0 spiro atoms. The van der Waals surface area contributed by atoms with Crippen LogP contribution in [0.5, 0.6) is 0 Å². The SMILES string of the molecule is CC(C)(C)OC(=O)N1CC(=O)C[C@H]1C#N. The van der Waals surface area contributed by atoms with Crippen molar-refractivity contribution in [3.05, 3.63) is 0 Å². The molecule has 0 N–H and O–H groups in total. The minimum absolute atomic E-state index is 0.0207. The van der Waals surface area contributed by atoms with Crippen LogP contribution in [0, 0.1) is 11.3 Å². The van der Waals surface area contributed by atoms with Crippen molar-refractivity contribution in [3.63, 3.8) is 0 Å². The lowest BCUT2D eigenvalue weighted by atomic mass is 10.2. The van der Waals surface area contributed by atoms with Gasteiger partial charge in [-0.25, -0.2) is 4.79 Å². The molecule has 1 atom stereocenters. The molecule has 5 heteroatoms. The Morgan fingerprint density at radius 2 is 2.20 bits per heavy atom.